The van der Waals surface area contributed by atoms with Crippen molar-refractivity contribution in [1.29, 1.82) is 0 Å². The van der Waals surface area contributed by atoms with Crippen LogP contribution in [0.25, 0.3) is 0 Å². The van der Waals surface area contributed by atoms with Gasteiger partial charge in [0.05, 0.1) is 25.9 Å². The smallest absolute Gasteiger partial charge is 0.318 e. The third-order valence-corrected chi connectivity index (χ3v) is 3.41. The molecule has 1 aliphatic heterocycles. The molecule has 1 saturated heterocycles. The van der Waals surface area contributed by atoms with Crippen molar-refractivity contribution in [2.75, 3.05) is 40.1 Å². The summed E-state index contributed by atoms with van der Waals surface area (Å²) in [5.74, 6) is 0.550. The van der Waals surface area contributed by atoms with Gasteiger partial charge in [0.2, 0.25) is 5.88 Å². The third kappa shape index (κ3) is 4.85. The van der Waals surface area contributed by atoms with Crippen LogP contribution in [0.2, 0.25) is 0 Å². The molecule has 0 aromatic carbocycles. The molecular weight excluding hydrogens is 286 g/mol. The van der Waals surface area contributed by atoms with Crippen LogP contribution in [0.5, 0.6) is 5.88 Å². The van der Waals surface area contributed by atoms with E-state index in [2.05, 4.69) is 10.3 Å². The Morgan fingerprint density at radius 2 is 2.36 bits per heavy atom. The average molecular weight is 309 g/mol. The number of morpholine rings is 1. The number of nitrogens with zero attached hydrogens (tertiary/aromatic N) is 2. The zero-order valence-corrected chi connectivity index (χ0v) is 13.1. The van der Waals surface area contributed by atoms with Crippen molar-refractivity contribution in [3.05, 3.63) is 23.9 Å². The monoisotopic (exact) mass is 309 g/mol. The first kappa shape index (κ1) is 16.5. The van der Waals surface area contributed by atoms with Gasteiger partial charge < -0.3 is 24.4 Å². The van der Waals surface area contributed by atoms with E-state index in [1.54, 1.807) is 24.3 Å². The van der Waals surface area contributed by atoms with E-state index in [0.29, 0.717) is 45.4 Å². The van der Waals surface area contributed by atoms with Gasteiger partial charge in [-0.05, 0) is 12.5 Å². The molecule has 2 rings (SSSR count). The summed E-state index contributed by atoms with van der Waals surface area (Å²) in [5.41, 5.74) is 0.924. The van der Waals surface area contributed by atoms with Gasteiger partial charge in [-0.3, -0.25) is 0 Å². The second kappa shape index (κ2) is 8.55. The molecule has 0 spiro atoms. The van der Waals surface area contributed by atoms with E-state index in [0.717, 1.165) is 5.56 Å². The maximum atomic E-state index is 12.1. The van der Waals surface area contributed by atoms with E-state index >= 15 is 0 Å². The fourth-order valence-corrected chi connectivity index (χ4v) is 2.14. The molecule has 1 aromatic heterocycles. The van der Waals surface area contributed by atoms with Crippen LogP contribution in [0.4, 0.5) is 4.79 Å². The Labute approximate surface area is 130 Å². The fraction of sp³-hybridized carbons (Fsp3) is 0.600. The summed E-state index contributed by atoms with van der Waals surface area (Å²) < 4.78 is 15.6. The molecule has 0 saturated carbocycles. The van der Waals surface area contributed by atoms with E-state index in [-0.39, 0.29) is 12.1 Å². The normalized spacial score (nSPS) is 18.1. The van der Waals surface area contributed by atoms with Crippen LogP contribution in [0, 0.1) is 0 Å². The highest BCUT2D eigenvalue weighted by Crippen LogP contribution is 2.09. The van der Waals surface area contributed by atoms with Gasteiger partial charge in [0.25, 0.3) is 0 Å². The Morgan fingerprint density at radius 1 is 1.50 bits per heavy atom. The maximum Gasteiger partial charge on any atom is 0.318 e. The number of amides is 2. The van der Waals surface area contributed by atoms with Gasteiger partial charge in [-0.15, -0.1) is 0 Å². The Bertz CT molecular complexity index is 466. The molecule has 2 amide bonds. The molecule has 0 bridgehead atoms. The van der Waals surface area contributed by atoms with Gasteiger partial charge in [-0.2, -0.15) is 0 Å². The summed E-state index contributed by atoms with van der Waals surface area (Å²) >= 11 is 0. The lowest BCUT2D eigenvalue weighted by molar-refractivity contribution is 0.0190. The van der Waals surface area contributed by atoms with E-state index in [9.17, 15) is 4.79 Å². The topological polar surface area (TPSA) is 72.9 Å². The molecule has 1 N–H and O–H groups in total. The summed E-state index contributed by atoms with van der Waals surface area (Å²) in [6.07, 6.45) is 1.70. The number of carbonyl (C=O) groups excluding carboxylic acids is 1. The second-order valence-corrected chi connectivity index (χ2v) is 5.12. The SMILES string of the molecule is COCCOc1ccc(CNC(=O)N2CCOCC2C)cn1. The molecule has 1 atom stereocenters. The van der Waals surface area contributed by atoms with Crippen LogP contribution in [-0.4, -0.2) is 62.0 Å². The quantitative estimate of drug-likeness (QED) is 0.795. The number of nitrogens with one attached hydrogen (secondary N) is 1. The van der Waals surface area contributed by atoms with Crippen LogP contribution in [0.1, 0.15) is 12.5 Å². The highest BCUT2D eigenvalue weighted by molar-refractivity contribution is 5.74. The zero-order valence-electron chi connectivity index (χ0n) is 13.1. The standard InChI is InChI=1S/C15H23N3O4/c1-12-11-21-6-5-18(12)15(19)17-10-13-3-4-14(16-9-13)22-8-7-20-2/h3-4,9,12H,5-8,10-11H2,1-2H3,(H,17,19). The first-order valence-electron chi connectivity index (χ1n) is 7.39. The predicted octanol–water partition coefficient (Wildman–Crippen LogP) is 1.04. The molecule has 0 aliphatic carbocycles. The van der Waals surface area contributed by atoms with Crippen molar-refractivity contribution in [3.8, 4) is 5.88 Å². The molecule has 1 fully saturated rings. The van der Waals surface area contributed by atoms with Crippen molar-refractivity contribution in [1.82, 2.24) is 15.2 Å². The number of urea groups is 1. The van der Waals surface area contributed by atoms with Crippen molar-refractivity contribution >= 4 is 6.03 Å². The lowest BCUT2D eigenvalue weighted by atomic mass is 10.2. The lowest BCUT2D eigenvalue weighted by Crippen LogP contribution is -2.51. The number of methoxy groups -OCH3 is 1. The molecule has 122 valence electrons. The summed E-state index contributed by atoms with van der Waals surface area (Å²) in [4.78, 5) is 18.1. The molecular formula is C15H23N3O4. The zero-order chi connectivity index (χ0) is 15.8. The molecule has 7 heteroatoms. The molecule has 22 heavy (non-hydrogen) atoms. The summed E-state index contributed by atoms with van der Waals surface area (Å²) in [5, 5.41) is 2.90. The largest absolute Gasteiger partial charge is 0.475 e. The number of rotatable bonds is 6. The average Bonchev–Trinajstić information content (AvgIpc) is 2.54. The molecule has 2 heterocycles. The highest BCUT2D eigenvalue weighted by atomic mass is 16.5. The van der Waals surface area contributed by atoms with Crippen molar-refractivity contribution < 1.29 is 19.0 Å². The number of carbonyl (C=O) groups is 1. The van der Waals surface area contributed by atoms with Crippen LogP contribution in [0.3, 0.4) is 0 Å². The van der Waals surface area contributed by atoms with Gasteiger partial charge in [0, 0.05) is 32.5 Å². The summed E-state index contributed by atoms with van der Waals surface area (Å²) in [6.45, 7) is 5.21. The summed E-state index contributed by atoms with van der Waals surface area (Å²) in [7, 11) is 1.62. The number of hydrogen-bond donors (Lipinski definition) is 1. The fourth-order valence-electron chi connectivity index (χ4n) is 2.14. The van der Waals surface area contributed by atoms with Crippen molar-refractivity contribution in [2.24, 2.45) is 0 Å². The first-order chi connectivity index (χ1) is 10.7. The first-order valence-corrected chi connectivity index (χ1v) is 7.39. The van der Waals surface area contributed by atoms with Gasteiger partial charge in [-0.1, -0.05) is 6.07 Å². The maximum absolute atomic E-state index is 12.1. The number of ether oxygens (including phenoxy) is 3. The van der Waals surface area contributed by atoms with Crippen LogP contribution in [-0.2, 0) is 16.0 Å². The van der Waals surface area contributed by atoms with Crippen LogP contribution >= 0.6 is 0 Å². The molecule has 7 nitrogen and oxygen atoms in total. The van der Waals surface area contributed by atoms with Crippen LogP contribution in [0.15, 0.2) is 18.3 Å². The van der Waals surface area contributed by atoms with Crippen LogP contribution < -0.4 is 10.1 Å². The van der Waals surface area contributed by atoms with E-state index in [4.69, 9.17) is 14.2 Å². The van der Waals surface area contributed by atoms with Gasteiger partial charge in [0.15, 0.2) is 0 Å². The minimum atomic E-state index is -0.0729. The van der Waals surface area contributed by atoms with Crippen molar-refractivity contribution in [2.45, 2.75) is 19.5 Å². The van der Waals surface area contributed by atoms with Crippen molar-refractivity contribution in [3.63, 3.8) is 0 Å². The molecule has 1 aromatic rings. The number of pyridine rings is 1. The lowest BCUT2D eigenvalue weighted by Gasteiger charge is -2.33. The Balaban J connectivity index is 1.77. The summed E-state index contributed by atoms with van der Waals surface area (Å²) in [6, 6.07) is 3.70. The molecule has 1 unspecified atom stereocenters. The minimum Gasteiger partial charge on any atom is -0.475 e. The highest BCUT2D eigenvalue weighted by Gasteiger charge is 2.23. The van der Waals surface area contributed by atoms with Gasteiger partial charge >= 0.3 is 6.03 Å². The Hall–Kier alpha value is -1.86. The van der Waals surface area contributed by atoms with E-state index in [1.165, 1.54) is 0 Å². The van der Waals surface area contributed by atoms with E-state index in [1.807, 2.05) is 13.0 Å². The number of aromatic nitrogens is 1. The Morgan fingerprint density at radius 3 is 3.05 bits per heavy atom. The third-order valence-electron chi connectivity index (χ3n) is 3.41. The predicted molar refractivity (Wildman–Crippen MR) is 80.8 cm³/mol. The second-order valence-electron chi connectivity index (χ2n) is 5.12. The Kier molecular flexibility index (Phi) is 6.42. The number of hydrogen-bond acceptors (Lipinski definition) is 5. The van der Waals surface area contributed by atoms with Gasteiger partial charge in [-0.25, -0.2) is 9.78 Å². The molecule has 1 aliphatic rings. The van der Waals surface area contributed by atoms with Gasteiger partial charge in [0.1, 0.15) is 6.61 Å². The minimum absolute atomic E-state index is 0.0729. The molecule has 0 radical (unpaired) electrons. The van der Waals surface area contributed by atoms with E-state index < -0.39 is 0 Å².